The number of thiophene rings is 1. The SMILES string of the molecule is CN1[C@@H]2CC[C@H]1CN(C(=O)Nc1ccc(OCc3cccs3)cc1)CC2. The van der Waals surface area contributed by atoms with Crippen LogP contribution in [0, 0.1) is 0 Å². The summed E-state index contributed by atoms with van der Waals surface area (Å²) in [6, 6.07) is 12.8. The minimum absolute atomic E-state index is 0.00166. The van der Waals surface area contributed by atoms with E-state index in [1.807, 2.05) is 40.6 Å². The molecule has 1 aromatic heterocycles. The van der Waals surface area contributed by atoms with Crippen molar-refractivity contribution in [2.24, 2.45) is 0 Å². The largest absolute Gasteiger partial charge is 0.488 e. The van der Waals surface area contributed by atoms with Crippen LogP contribution in [0.5, 0.6) is 5.75 Å². The molecule has 4 rings (SSSR count). The fourth-order valence-corrected chi connectivity index (χ4v) is 4.50. The summed E-state index contributed by atoms with van der Waals surface area (Å²) in [4.78, 5) is 18.2. The number of fused-ring (bicyclic) bond motifs is 2. The Balaban J connectivity index is 1.31. The van der Waals surface area contributed by atoms with Crippen LogP contribution in [0.2, 0.25) is 0 Å². The Hall–Kier alpha value is -2.05. The minimum Gasteiger partial charge on any atom is -0.488 e. The monoisotopic (exact) mass is 371 g/mol. The predicted molar refractivity (Wildman–Crippen MR) is 105 cm³/mol. The summed E-state index contributed by atoms with van der Waals surface area (Å²) in [5.74, 6) is 0.810. The smallest absolute Gasteiger partial charge is 0.321 e. The van der Waals surface area contributed by atoms with Gasteiger partial charge in [-0.2, -0.15) is 0 Å². The van der Waals surface area contributed by atoms with E-state index >= 15 is 0 Å². The molecule has 0 unspecified atom stereocenters. The molecule has 2 aliphatic heterocycles. The summed E-state index contributed by atoms with van der Waals surface area (Å²) in [7, 11) is 2.19. The highest BCUT2D eigenvalue weighted by Gasteiger charge is 2.35. The van der Waals surface area contributed by atoms with Gasteiger partial charge in [0.2, 0.25) is 0 Å². The quantitative estimate of drug-likeness (QED) is 0.883. The van der Waals surface area contributed by atoms with Gasteiger partial charge in [0.25, 0.3) is 0 Å². The Morgan fingerprint density at radius 1 is 1.19 bits per heavy atom. The Kier molecular flexibility index (Phi) is 5.13. The van der Waals surface area contributed by atoms with Crippen LogP contribution in [-0.4, -0.2) is 48.1 Å². The molecule has 3 heterocycles. The molecule has 2 fully saturated rings. The van der Waals surface area contributed by atoms with Gasteiger partial charge in [-0.05, 0) is 62.0 Å². The lowest BCUT2D eigenvalue weighted by atomic mass is 10.1. The minimum atomic E-state index is -0.00166. The maximum Gasteiger partial charge on any atom is 0.321 e. The fourth-order valence-electron chi connectivity index (χ4n) is 3.88. The topological polar surface area (TPSA) is 44.8 Å². The second-order valence-corrected chi connectivity index (χ2v) is 8.14. The van der Waals surface area contributed by atoms with Crippen molar-refractivity contribution in [3.05, 3.63) is 46.7 Å². The number of amides is 2. The van der Waals surface area contributed by atoms with Crippen LogP contribution in [0.1, 0.15) is 24.1 Å². The molecular formula is C20H25N3O2S. The lowest BCUT2D eigenvalue weighted by Crippen LogP contribution is -2.41. The average molecular weight is 372 g/mol. The number of carbonyl (C=O) groups is 1. The van der Waals surface area contributed by atoms with Gasteiger partial charge in [-0.3, -0.25) is 4.90 Å². The highest BCUT2D eigenvalue weighted by Crippen LogP contribution is 2.28. The van der Waals surface area contributed by atoms with E-state index in [0.29, 0.717) is 18.7 Å². The van der Waals surface area contributed by atoms with E-state index < -0.39 is 0 Å². The third-order valence-electron chi connectivity index (χ3n) is 5.50. The molecule has 2 bridgehead atoms. The van der Waals surface area contributed by atoms with Crippen LogP contribution in [0.15, 0.2) is 41.8 Å². The van der Waals surface area contributed by atoms with Crippen molar-refractivity contribution in [1.82, 2.24) is 9.80 Å². The van der Waals surface area contributed by atoms with E-state index in [9.17, 15) is 4.79 Å². The molecule has 2 aliphatic rings. The number of nitrogens with zero attached hydrogens (tertiary/aromatic N) is 2. The van der Waals surface area contributed by atoms with Crippen LogP contribution in [0.3, 0.4) is 0 Å². The normalized spacial score (nSPS) is 22.9. The number of benzene rings is 1. The average Bonchev–Trinajstić information content (AvgIpc) is 3.22. The zero-order chi connectivity index (χ0) is 17.9. The first-order valence-corrected chi connectivity index (χ1v) is 10.1. The van der Waals surface area contributed by atoms with Gasteiger partial charge in [-0.25, -0.2) is 4.79 Å². The summed E-state index contributed by atoms with van der Waals surface area (Å²) >= 11 is 1.69. The molecule has 1 aromatic carbocycles. The number of hydrogen-bond donors (Lipinski definition) is 1. The lowest BCUT2D eigenvalue weighted by Gasteiger charge is -2.26. The third-order valence-corrected chi connectivity index (χ3v) is 6.35. The maximum atomic E-state index is 12.6. The lowest BCUT2D eigenvalue weighted by molar-refractivity contribution is 0.200. The van der Waals surface area contributed by atoms with Crippen molar-refractivity contribution in [2.75, 3.05) is 25.5 Å². The van der Waals surface area contributed by atoms with Crippen LogP contribution < -0.4 is 10.1 Å². The van der Waals surface area contributed by atoms with Gasteiger partial charge in [0, 0.05) is 35.7 Å². The van der Waals surface area contributed by atoms with E-state index in [4.69, 9.17) is 4.74 Å². The molecule has 0 saturated carbocycles. The van der Waals surface area contributed by atoms with E-state index in [1.54, 1.807) is 11.3 Å². The molecule has 0 aliphatic carbocycles. The first kappa shape index (κ1) is 17.4. The first-order valence-electron chi connectivity index (χ1n) is 9.22. The van der Waals surface area contributed by atoms with E-state index in [2.05, 4.69) is 23.3 Å². The van der Waals surface area contributed by atoms with Crippen molar-refractivity contribution in [3.63, 3.8) is 0 Å². The predicted octanol–water partition coefficient (Wildman–Crippen LogP) is 4.03. The zero-order valence-electron chi connectivity index (χ0n) is 15.1. The van der Waals surface area contributed by atoms with Crippen LogP contribution in [0.4, 0.5) is 10.5 Å². The Morgan fingerprint density at radius 2 is 2.00 bits per heavy atom. The number of carbonyl (C=O) groups excluding carboxylic acids is 1. The zero-order valence-corrected chi connectivity index (χ0v) is 15.9. The Morgan fingerprint density at radius 3 is 2.77 bits per heavy atom. The molecule has 5 nitrogen and oxygen atoms in total. The highest BCUT2D eigenvalue weighted by molar-refractivity contribution is 7.09. The molecule has 138 valence electrons. The Bertz CT molecular complexity index is 732. The van der Waals surface area contributed by atoms with Gasteiger partial charge >= 0.3 is 6.03 Å². The molecule has 2 atom stereocenters. The molecule has 0 spiro atoms. The molecule has 26 heavy (non-hydrogen) atoms. The molecule has 2 amide bonds. The summed E-state index contributed by atoms with van der Waals surface area (Å²) in [6.07, 6.45) is 3.53. The second-order valence-electron chi connectivity index (χ2n) is 7.11. The summed E-state index contributed by atoms with van der Waals surface area (Å²) in [5.41, 5.74) is 0.807. The number of likely N-dealkylation sites (N-methyl/N-ethyl adjacent to an activating group) is 1. The number of hydrogen-bond acceptors (Lipinski definition) is 4. The van der Waals surface area contributed by atoms with Crippen molar-refractivity contribution in [1.29, 1.82) is 0 Å². The third kappa shape index (κ3) is 3.86. The molecule has 2 aromatic rings. The first-order chi connectivity index (χ1) is 12.7. The van der Waals surface area contributed by atoms with Crippen LogP contribution in [-0.2, 0) is 6.61 Å². The van der Waals surface area contributed by atoms with Gasteiger partial charge in [0.15, 0.2) is 0 Å². The number of urea groups is 1. The van der Waals surface area contributed by atoms with Crippen molar-refractivity contribution in [2.45, 2.75) is 38.0 Å². The Labute approximate surface area is 158 Å². The van der Waals surface area contributed by atoms with Crippen molar-refractivity contribution < 1.29 is 9.53 Å². The number of likely N-dealkylation sites (tertiary alicyclic amines) is 1. The number of ether oxygens (including phenoxy) is 1. The van der Waals surface area contributed by atoms with Crippen LogP contribution in [0.25, 0.3) is 0 Å². The van der Waals surface area contributed by atoms with E-state index in [-0.39, 0.29) is 6.03 Å². The number of anilines is 1. The van der Waals surface area contributed by atoms with E-state index in [0.717, 1.165) is 30.9 Å². The van der Waals surface area contributed by atoms with Gasteiger partial charge in [0.05, 0.1) is 0 Å². The van der Waals surface area contributed by atoms with Crippen LogP contribution >= 0.6 is 11.3 Å². The molecule has 1 N–H and O–H groups in total. The molecular weight excluding hydrogens is 346 g/mol. The summed E-state index contributed by atoms with van der Waals surface area (Å²) in [5, 5.41) is 5.07. The van der Waals surface area contributed by atoms with E-state index in [1.165, 1.54) is 17.7 Å². The van der Waals surface area contributed by atoms with Gasteiger partial charge in [-0.15, -0.1) is 11.3 Å². The summed E-state index contributed by atoms with van der Waals surface area (Å²) < 4.78 is 5.77. The summed E-state index contributed by atoms with van der Waals surface area (Å²) in [6.45, 7) is 2.23. The number of nitrogens with one attached hydrogen (secondary N) is 1. The van der Waals surface area contributed by atoms with Gasteiger partial charge < -0.3 is 15.0 Å². The highest BCUT2D eigenvalue weighted by atomic mass is 32.1. The van der Waals surface area contributed by atoms with Gasteiger partial charge in [0.1, 0.15) is 12.4 Å². The van der Waals surface area contributed by atoms with Crippen molar-refractivity contribution in [3.8, 4) is 5.75 Å². The fraction of sp³-hybridized carbons (Fsp3) is 0.450. The second kappa shape index (κ2) is 7.68. The standard InChI is InChI=1S/C20H25N3O2S/c1-22-16-6-7-17(22)13-23(11-10-16)20(24)21-15-4-8-18(9-5-15)25-14-19-3-2-12-26-19/h2-5,8-9,12,16-17H,6-7,10-11,13-14H2,1H3,(H,21,24)/t16-,17+/m1/s1. The van der Waals surface area contributed by atoms with Crippen molar-refractivity contribution >= 4 is 23.1 Å². The molecule has 0 radical (unpaired) electrons. The molecule has 2 saturated heterocycles. The maximum absolute atomic E-state index is 12.6. The molecule has 6 heteroatoms. The number of rotatable bonds is 4. The van der Waals surface area contributed by atoms with Gasteiger partial charge in [-0.1, -0.05) is 6.07 Å².